The molecule has 128 valence electrons. The molecule has 1 saturated heterocycles. The SMILES string of the molecule is CN1CCCC(CNC(=O)NCC(O)c2ccc(Cl)c(F)c2)C1. The van der Waals surface area contributed by atoms with E-state index in [0.29, 0.717) is 18.0 Å². The van der Waals surface area contributed by atoms with Crippen molar-refractivity contribution in [2.75, 3.05) is 33.2 Å². The van der Waals surface area contributed by atoms with Crippen molar-refractivity contribution in [3.05, 3.63) is 34.6 Å². The molecule has 0 aromatic heterocycles. The highest BCUT2D eigenvalue weighted by Crippen LogP contribution is 2.20. The predicted molar refractivity (Wildman–Crippen MR) is 88.0 cm³/mol. The minimum atomic E-state index is -0.978. The summed E-state index contributed by atoms with van der Waals surface area (Å²) >= 11 is 5.60. The van der Waals surface area contributed by atoms with Crippen molar-refractivity contribution in [1.82, 2.24) is 15.5 Å². The Balaban J connectivity index is 1.72. The third kappa shape index (κ3) is 5.64. The summed E-state index contributed by atoms with van der Waals surface area (Å²) in [5, 5.41) is 15.4. The van der Waals surface area contributed by atoms with Crippen molar-refractivity contribution in [1.29, 1.82) is 0 Å². The fourth-order valence-corrected chi connectivity index (χ4v) is 2.88. The van der Waals surface area contributed by atoms with E-state index in [-0.39, 0.29) is 17.6 Å². The van der Waals surface area contributed by atoms with Crippen LogP contribution in [-0.2, 0) is 0 Å². The molecule has 0 aliphatic carbocycles. The molecule has 23 heavy (non-hydrogen) atoms. The number of nitrogens with zero attached hydrogens (tertiary/aromatic N) is 1. The van der Waals surface area contributed by atoms with Crippen LogP contribution in [0.2, 0.25) is 5.02 Å². The maximum Gasteiger partial charge on any atom is 0.314 e. The number of amides is 2. The first-order valence-electron chi connectivity index (χ1n) is 7.79. The molecule has 0 radical (unpaired) electrons. The Morgan fingerprint density at radius 3 is 3.00 bits per heavy atom. The average Bonchev–Trinajstić information content (AvgIpc) is 2.53. The van der Waals surface area contributed by atoms with E-state index in [1.807, 2.05) is 0 Å². The van der Waals surface area contributed by atoms with E-state index >= 15 is 0 Å². The molecule has 1 aliphatic heterocycles. The minimum absolute atomic E-state index is 0.00380. The van der Waals surface area contributed by atoms with Crippen molar-refractivity contribution in [2.45, 2.75) is 18.9 Å². The number of nitrogens with one attached hydrogen (secondary N) is 2. The van der Waals surface area contributed by atoms with Gasteiger partial charge in [-0.1, -0.05) is 17.7 Å². The number of hydrogen-bond acceptors (Lipinski definition) is 3. The lowest BCUT2D eigenvalue weighted by atomic mass is 9.99. The van der Waals surface area contributed by atoms with Crippen molar-refractivity contribution in [3.63, 3.8) is 0 Å². The van der Waals surface area contributed by atoms with Gasteiger partial charge < -0.3 is 20.6 Å². The molecule has 1 aromatic rings. The summed E-state index contributed by atoms with van der Waals surface area (Å²) in [5.74, 6) is -0.135. The van der Waals surface area contributed by atoms with Crippen LogP contribution in [-0.4, -0.2) is 49.3 Å². The lowest BCUT2D eigenvalue weighted by molar-refractivity contribution is 0.171. The highest BCUT2D eigenvalue weighted by molar-refractivity contribution is 6.30. The number of benzene rings is 1. The number of urea groups is 1. The lowest BCUT2D eigenvalue weighted by Gasteiger charge is -2.29. The second-order valence-corrected chi connectivity index (χ2v) is 6.46. The largest absolute Gasteiger partial charge is 0.387 e. The molecule has 3 N–H and O–H groups in total. The summed E-state index contributed by atoms with van der Waals surface area (Å²) in [4.78, 5) is 14.0. The molecule has 5 nitrogen and oxygen atoms in total. The highest BCUT2D eigenvalue weighted by atomic mass is 35.5. The third-order valence-electron chi connectivity index (χ3n) is 4.06. The summed E-state index contributed by atoms with van der Waals surface area (Å²) < 4.78 is 13.3. The van der Waals surface area contributed by atoms with E-state index in [1.165, 1.54) is 18.2 Å². The minimum Gasteiger partial charge on any atom is -0.387 e. The van der Waals surface area contributed by atoms with E-state index in [4.69, 9.17) is 11.6 Å². The summed E-state index contributed by atoms with van der Waals surface area (Å²) in [6, 6.07) is 3.76. The van der Waals surface area contributed by atoms with E-state index in [0.717, 1.165) is 25.9 Å². The number of halogens is 2. The number of carbonyl (C=O) groups is 1. The molecule has 0 bridgehead atoms. The second kappa shape index (κ2) is 8.47. The second-order valence-electron chi connectivity index (χ2n) is 6.05. The third-order valence-corrected chi connectivity index (χ3v) is 4.36. The average molecular weight is 344 g/mol. The van der Waals surface area contributed by atoms with Gasteiger partial charge in [0.25, 0.3) is 0 Å². The fourth-order valence-electron chi connectivity index (χ4n) is 2.77. The van der Waals surface area contributed by atoms with E-state index in [2.05, 4.69) is 22.6 Å². The van der Waals surface area contributed by atoms with Gasteiger partial charge in [-0.05, 0) is 50.0 Å². The molecule has 0 saturated carbocycles. The van der Waals surface area contributed by atoms with Crippen molar-refractivity contribution in [3.8, 4) is 0 Å². The molecule has 1 heterocycles. The van der Waals surface area contributed by atoms with Gasteiger partial charge in [-0.15, -0.1) is 0 Å². The Morgan fingerprint density at radius 1 is 1.52 bits per heavy atom. The van der Waals surface area contributed by atoms with Gasteiger partial charge in [0, 0.05) is 19.6 Å². The topological polar surface area (TPSA) is 64.6 Å². The monoisotopic (exact) mass is 343 g/mol. The quantitative estimate of drug-likeness (QED) is 0.767. The van der Waals surface area contributed by atoms with Gasteiger partial charge >= 0.3 is 6.03 Å². The van der Waals surface area contributed by atoms with Gasteiger partial charge in [-0.25, -0.2) is 9.18 Å². The Morgan fingerprint density at radius 2 is 2.30 bits per heavy atom. The van der Waals surface area contributed by atoms with Crippen molar-refractivity contribution in [2.24, 2.45) is 5.92 Å². The van der Waals surface area contributed by atoms with Gasteiger partial charge in [0.2, 0.25) is 0 Å². The zero-order chi connectivity index (χ0) is 16.8. The Bertz CT molecular complexity index is 544. The first-order valence-corrected chi connectivity index (χ1v) is 8.16. The normalized spacial score (nSPS) is 20.1. The number of aliphatic hydroxyl groups excluding tert-OH is 1. The molecular formula is C16H23ClFN3O2. The first-order chi connectivity index (χ1) is 11.0. The number of rotatable bonds is 5. The summed E-state index contributed by atoms with van der Waals surface area (Å²) in [6.45, 7) is 2.71. The Labute approximate surface area is 140 Å². The lowest BCUT2D eigenvalue weighted by Crippen LogP contribution is -2.43. The Hall–Kier alpha value is -1.37. The van der Waals surface area contributed by atoms with Crippen LogP contribution in [0.3, 0.4) is 0 Å². The van der Waals surface area contributed by atoms with Crippen LogP contribution in [0.4, 0.5) is 9.18 Å². The molecule has 0 spiro atoms. The van der Waals surface area contributed by atoms with Crippen LogP contribution >= 0.6 is 11.6 Å². The number of aliphatic hydroxyl groups is 1. The molecule has 2 unspecified atom stereocenters. The van der Waals surface area contributed by atoms with Gasteiger partial charge in [0.15, 0.2) is 0 Å². The molecule has 2 rings (SSSR count). The van der Waals surface area contributed by atoms with Gasteiger partial charge in [-0.3, -0.25) is 0 Å². The van der Waals surface area contributed by atoms with Gasteiger partial charge in [0.1, 0.15) is 5.82 Å². The zero-order valence-electron chi connectivity index (χ0n) is 13.2. The van der Waals surface area contributed by atoms with E-state index < -0.39 is 11.9 Å². The molecule has 7 heteroatoms. The van der Waals surface area contributed by atoms with Gasteiger partial charge in [0.05, 0.1) is 11.1 Å². The highest BCUT2D eigenvalue weighted by Gasteiger charge is 2.18. The van der Waals surface area contributed by atoms with Crippen molar-refractivity contribution < 1.29 is 14.3 Å². The summed E-state index contributed by atoms with van der Waals surface area (Å²) in [7, 11) is 2.08. The maximum absolute atomic E-state index is 13.3. The first kappa shape index (κ1) is 18.0. The number of piperidine rings is 1. The van der Waals surface area contributed by atoms with E-state index in [1.54, 1.807) is 0 Å². The number of likely N-dealkylation sites (tertiary alicyclic amines) is 1. The van der Waals surface area contributed by atoms with Crippen LogP contribution in [0.5, 0.6) is 0 Å². The molecule has 1 fully saturated rings. The molecule has 1 aromatic carbocycles. The molecule has 2 amide bonds. The van der Waals surface area contributed by atoms with Crippen LogP contribution in [0.25, 0.3) is 0 Å². The predicted octanol–water partition coefficient (Wildman–Crippen LogP) is 2.15. The molecular weight excluding hydrogens is 321 g/mol. The van der Waals surface area contributed by atoms with Crippen LogP contribution < -0.4 is 10.6 Å². The van der Waals surface area contributed by atoms with Crippen LogP contribution in [0, 0.1) is 11.7 Å². The fraction of sp³-hybridized carbons (Fsp3) is 0.562. The van der Waals surface area contributed by atoms with Crippen molar-refractivity contribution >= 4 is 17.6 Å². The standard InChI is InChI=1S/C16H23ClFN3O2/c1-21-6-2-3-11(10-21)8-19-16(23)20-9-15(22)12-4-5-13(17)14(18)7-12/h4-5,7,11,15,22H,2-3,6,8-10H2,1H3,(H2,19,20,23). The Kier molecular flexibility index (Phi) is 6.62. The maximum atomic E-state index is 13.3. The molecule has 1 aliphatic rings. The summed E-state index contributed by atoms with van der Waals surface area (Å²) in [6.07, 6.45) is 1.27. The summed E-state index contributed by atoms with van der Waals surface area (Å²) in [5.41, 5.74) is 0.376. The molecule has 2 atom stereocenters. The van der Waals surface area contributed by atoms with E-state index in [9.17, 15) is 14.3 Å². The smallest absolute Gasteiger partial charge is 0.314 e. The number of carbonyl (C=O) groups excluding carboxylic acids is 1. The zero-order valence-corrected chi connectivity index (χ0v) is 13.9. The van der Waals surface area contributed by atoms with Crippen LogP contribution in [0.1, 0.15) is 24.5 Å². The van der Waals surface area contributed by atoms with Crippen LogP contribution in [0.15, 0.2) is 18.2 Å². The van der Waals surface area contributed by atoms with Gasteiger partial charge in [-0.2, -0.15) is 0 Å². The number of hydrogen-bond donors (Lipinski definition) is 3.